The van der Waals surface area contributed by atoms with Gasteiger partial charge in [0.1, 0.15) is 5.82 Å². The molecule has 0 bridgehead atoms. The quantitative estimate of drug-likeness (QED) is 0.632. The first kappa shape index (κ1) is 20.8. The van der Waals surface area contributed by atoms with E-state index >= 15 is 0 Å². The third-order valence-corrected chi connectivity index (χ3v) is 4.98. The van der Waals surface area contributed by atoms with Crippen LogP contribution in [0, 0.1) is 0 Å². The number of hydrogen-bond acceptors (Lipinski definition) is 4. The number of nitrogens with zero attached hydrogens (tertiary/aromatic N) is 3. The molecule has 162 valence electrons. The van der Waals surface area contributed by atoms with E-state index in [1.54, 1.807) is 6.07 Å². The Morgan fingerprint density at radius 2 is 1.87 bits per heavy atom. The van der Waals surface area contributed by atoms with Crippen molar-refractivity contribution in [3.05, 3.63) is 69.3 Å². The zero-order valence-corrected chi connectivity index (χ0v) is 16.8. The average Bonchev–Trinajstić information content (AvgIpc) is 3.47. The molecule has 2 N–H and O–H groups in total. The summed E-state index contributed by atoms with van der Waals surface area (Å²) in [7, 11) is 0. The summed E-state index contributed by atoms with van der Waals surface area (Å²) in [6.45, 7) is 3.80. The minimum Gasteiger partial charge on any atom is -0.306 e. The molecule has 2 heterocycles. The zero-order chi connectivity index (χ0) is 22.3. The van der Waals surface area contributed by atoms with Crippen LogP contribution in [0.2, 0.25) is 0 Å². The van der Waals surface area contributed by atoms with Crippen molar-refractivity contribution in [2.24, 2.45) is 0 Å². The summed E-state index contributed by atoms with van der Waals surface area (Å²) in [5.74, 6) is 0.105. The van der Waals surface area contributed by atoms with Gasteiger partial charge in [-0.2, -0.15) is 23.0 Å². The topological polar surface area (TPSA) is 92.7 Å². The Morgan fingerprint density at radius 3 is 2.45 bits per heavy atom. The Labute approximate surface area is 175 Å². The second-order valence-corrected chi connectivity index (χ2v) is 7.82. The number of carbonyl (C=O) groups excluding carboxylic acids is 1. The van der Waals surface area contributed by atoms with Crippen molar-refractivity contribution >= 4 is 11.7 Å². The molecular formula is C21H20F3N5O2. The molecule has 31 heavy (non-hydrogen) atoms. The maximum atomic E-state index is 12.8. The maximum absolute atomic E-state index is 12.8. The maximum Gasteiger partial charge on any atom is 0.416 e. The van der Waals surface area contributed by atoms with Crippen molar-refractivity contribution in [2.75, 3.05) is 5.32 Å². The largest absolute Gasteiger partial charge is 0.416 e. The lowest BCUT2D eigenvalue weighted by Crippen LogP contribution is -2.19. The van der Waals surface area contributed by atoms with E-state index in [9.17, 15) is 22.8 Å². The number of anilines is 1. The number of halogens is 3. The Balaban J connectivity index is 1.67. The molecule has 0 aliphatic heterocycles. The summed E-state index contributed by atoms with van der Waals surface area (Å²) in [5, 5.41) is 7.17. The van der Waals surface area contributed by atoms with Gasteiger partial charge < -0.3 is 5.32 Å². The van der Waals surface area contributed by atoms with E-state index in [1.807, 2.05) is 13.8 Å². The number of amides is 1. The predicted octanol–water partition coefficient (Wildman–Crippen LogP) is 4.23. The van der Waals surface area contributed by atoms with E-state index in [1.165, 1.54) is 10.7 Å². The smallest absolute Gasteiger partial charge is 0.306 e. The molecule has 0 atom stereocenters. The molecule has 7 nitrogen and oxygen atoms in total. The fraction of sp³-hybridized carbons (Fsp3) is 0.333. The van der Waals surface area contributed by atoms with Gasteiger partial charge in [-0.15, -0.1) is 0 Å². The summed E-state index contributed by atoms with van der Waals surface area (Å²) in [4.78, 5) is 31.8. The van der Waals surface area contributed by atoms with E-state index in [0.29, 0.717) is 5.69 Å². The van der Waals surface area contributed by atoms with Crippen LogP contribution in [0.4, 0.5) is 19.0 Å². The van der Waals surface area contributed by atoms with E-state index < -0.39 is 17.6 Å². The van der Waals surface area contributed by atoms with E-state index in [0.717, 1.165) is 42.8 Å². The van der Waals surface area contributed by atoms with Crippen LogP contribution in [-0.2, 0) is 6.18 Å². The Bertz CT molecular complexity index is 1170. The lowest BCUT2D eigenvalue weighted by atomic mass is 10.1. The number of nitrogens with one attached hydrogen (secondary N) is 2. The molecule has 1 fully saturated rings. The van der Waals surface area contributed by atoms with Gasteiger partial charge in [-0.05, 0) is 43.0 Å². The SMILES string of the molecule is CC(C)c1cc(=O)[nH]c(-n2nc(C3CC3)cc2NC(=O)c2ccc(C(F)(F)F)cc2)n1. The van der Waals surface area contributed by atoms with Crippen molar-refractivity contribution in [3.8, 4) is 5.95 Å². The van der Waals surface area contributed by atoms with Crippen LogP contribution in [0.5, 0.6) is 0 Å². The fourth-order valence-electron chi connectivity index (χ4n) is 3.09. The first-order valence-corrected chi connectivity index (χ1v) is 9.82. The monoisotopic (exact) mass is 431 g/mol. The Morgan fingerprint density at radius 1 is 1.19 bits per heavy atom. The standard InChI is InChI=1S/C21H20F3N5O2/c1-11(2)15-10-18(30)27-20(25-15)29-17(9-16(28-29)12-3-4-12)26-19(31)13-5-7-14(8-6-13)21(22,23)24/h5-12H,3-4H2,1-2H3,(H,26,31)(H,25,27,30). The third kappa shape index (κ3) is 4.52. The van der Waals surface area contributed by atoms with E-state index in [4.69, 9.17) is 0 Å². The van der Waals surface area contributed by atoms with Gasteiger partial charge in [0, 0.05) is 23.6 Å². The lowest BCUT2D eigenvalue weighted by molar-refractivity contribution is -0.137. The number of hydrogen-bond donors (Lipinski definition) is 2. The predicted molar refractivity (Wildman–Crippen MR) is 107 cm³/mol. The number of rotatable bonds is 5. The van der Waals surface area contributed by atoms with Gasteiger partial charge in [0.05, 0.1) is 17.0 Å². The molecule has 1 aromatic carbocycles. The fourth-order valence-corrected chi connectivity index (χ4v) is 3.09. The van der Waals surface area contributed by atoms with Gasteiger partial charge in [0.2, 0.25) is 5.95 Å². The molecule has 0 unspecified atom stereocenters. The second-order valence-electron chi connectivity index (χ2n) is 7.82. The minimum absolute atomic E-state index is 0.00435. The van der Waals surface area contributed by atoms with E-state index in [-0.39, 0.29) is 34.7 Å². The van der Waals surface area contributed by atoms with Gasteiger partial charge in [0.15, 0.2) is 0 Å². The van der Waals surface area contributed by atoms with Crippen molar-refractivity contribution in [1.82, 2.24) is 19.7 Å². The van der Waals surface area contributed by atoms with Gasteiger partial charge in [-0.3, -0.25) is 14.6 Å². The summed E-state index contributed by atoms with van der Waals surface area (Å²) >= 11 is 0. The molecule has 0 spiro atoms. The summed E-state index contributed by atoms with van der Waals surface area (Å²) in [6.07, 6.45) is -2.54. The third-order valence-electron chi connectivity index (χ3n) is 4.98. The van der Waals surface area contributed by atoms with Crippen LogP contribution < -0.4 is 10.9 Å². The first-order chi connectivity index (χ1) is 14.6. The highest BCUT2D eigenvalue weighted by Crippen LogP contribution is 2.40. The van der Waals surface area contributed by atoms with Crippen molar-refractivity contribution in [3.63, 3.8) is 0 Å². The van der Waals surface area contributed by atoms with E-state index in [2.05, 4.69) is 20.4 Å². The summed E-state index contributed by atoms with van der Waals surface area (Å²) < 4.78 is 39.6. The van der Waals surface area contributed by atoms with Crippen LogP contribution >= 0.6 is 0 Å². The molecule has 1 aliphatic carbocycles. The molecule has 1 saturated carbocycles. The lowest BCUT2D eigenvalue weighted by Gasteiger charge is -2.11. The number of benzene rings is 1. The van der Waals surface area contributed by atoms with Crippen molar-refractivity contribution < 1.29 is 18.0 Å². The van der Waals surface area contributed by atoms with Crippen LogP contribution in [0.1, 0.15) is 65.8 Å². The average molecular weight is 431 g/mol. The van der Waals surface area contributed by atoms with Crippen molar-refractivity contribution in [2.45, 2.75) is 44.7 Å². The van der Waals surface area contributed by atoms with Crippen LogP contribution in [0.25, 0.3) is 5.95 Å². The summed E-state index contributed by atoms with van der Waals surface area (Å²) in [5.41, 5.74) is 0.197. The molecule has 0 radical (unpaired) electrons. The molecule has 10 heteroatoms. The van der Waals surface area contributed by atoms with Crippen LogP contribution in [0.15, 0.2) is 41.2 Å². The molecular weight excluding hydrogens is 411 g/mol. The van der Waals surface area contributed by atoms with Gasteiger partial charge in [-0.25, -0.2) is 4.98 Å². The minimum atomic E-state index is -4.48. The number of aromatic amines is 1. The van der Waals surface area contributed by atoms with Gasteiger partial charge >= 0.3 is 6.18 Å². The number of alkyl halides is 3. The molecule has 3 aromatic rings. The first-order valence-electron chi connectivity index (χ1n) is 9.82. The molecule has 0 saturated heterocycles. The number of H-pyrrole nitrogens is 1. The number of aromatic nitrogens is 4. The highest BCUT2D eigenvalue weighted by atomic mass is 19.4. The van der Waals surface area contributed by atoms with Crippen molar-refractivity contribution in [1.29, 1.82) is 0 Å². The second kappa shape index (κ2) is 7.68. The van der Waals surface area contributed by atoms with Gasteiger partial charge in [0.25, 0.3) is 11.5 Å². The molecule has 4 rings (SSSR count). The highest BCUT2D eigenvalue weighted by Gasteiger charge is 2.31. The zero-order valence-electron chi connectivity index (χ0n) is 16.8. The molecule has 2 aromatic heterocycles. The van der Waals surface area contributed by atoms with Gasteiger partial charge in [-0.1, -0.05) is 13.8 Å². The normalized spacial score (nSPS) is 14.1. The van der Waals surface area contributed by atoms with Crippen LogP contribution in [-0.4, -0.2) is 25.7 Å². The molecule has 1 aliphatic rings. The summed E-state index contributed by atoms with van der Waals surface area (Å²) in [6, 6.07) is 7.03. The molecule has 1 amide bonds. The Hall–Kier alpha value is -3.43. The number of carbonyl (C=O) groups is 1. The Kier molecular flexibility index (Phi) is 5.16. The van der Waals surface area contributed by atoms with Crippen LogP contribution in [0.3, 0.4) is 0 Å². The highest BCUT2D eigenvalue weighted by molar-refractivity contribution is 6.04.